The molecule has 5 heterocycles. The van der Waals surface area contributed by atoms with Crippen molar-refractivity contribution in [1.82, 2.24) is 9.13 Å². The summed E-state index contributed by atoms with van der Waals surface area (Å²) >= 11 is 7.47. The zero-order valence-corrected chi connectivity index (χ0v) is 86.0. The highest BCUT2D eigenvalue weighted by atomic mass is 79.9. The summed E-state index contributed by atoms with van der Waals surface area (Å²) in [4.78, 5) is 0. The van der Waals surface area contributed by atoms with Gasteiger partial charge in [0.05, 0.1) is 55.7 Å². The van der Waals surface area contributed by atoms with Crippen LogP contribution in [0.25, 0.3) is 189 Å². The number of benzene rings is 18. The van der Waals surface area contributed by atoms with Gasteiger partial charge in [-0.3, -0.25) is 0 Å². The van der Waals surface area contributed by atoms with Gasteiger partial charge in [-0.05, 0) is 306 Å². The molecule has 0 amide bonds. The van der Waals surface area contributed by atoms with E-state index in [0.717, 1.165) is 92.0 Å². The Labute approximate surface area is 860 Å². The van der Waals surface area contributed by atoms with Crippen molar-refractivity contribution in [3.63, 3.8) is 0 Å². The van der Waals surface area contributed by atoms with E-state index >= 15 is 0 Å². The molecule has 706 valence electrons. The Balaban J connectivity index is 0.000000159. The number of aromatic nitrogens is 2. The lowest BCUT2D eigenvalue weighted by atomic mass is 9.74. The van der Waals surface area contributed by atoms with Crippen molar-refractivity contribution in [2.24, 2.45) is 0 Å². The summed E-state index contributed by atoms with van der Waals surface area (Å²) < 4.78 is 45.0. The van der Waals surface area contributed by atoms with E-state index in [1.807, 2.05) is 0 Å². The molecule has 0 N–H and O–H groups in total. The molecular weight excluding hydrogens is 1880 g/mol. The number of fused-ring (bicyclic) bond motifs is 6. The normalized spacial score (nSPS) is 15.3. The number of hydrogen-bond acceptors (Lipinski definition) is 6. The fraction of sp³-hybridized carbons (Fsp3) is 0.169. The maximum Gasteiger partial charge on any atom is 0.494 e. The quantitative estimate of drug-likeness (QED) is 0.0847. The van der Waals surface area contributed by atoms with Crippen LogP contribution in [0.2, 0.25) is 5.82 Å². The van der Waals surface area contributed by atoms with Gasteiger partial charge < -0.3 is 37.1 Å². The van der Waals surface area contributed by atoms with E-state index in [0.29, 0.717) is 5.82 Å². The van der Waals surface area contributed by atoms with Gasteiger partial charge in [-0.1, -0.05) is 405 Å². The molecule has 0 spiro atoms. The van der Waals surface area contributed by atoms with Crippen LogP contribution < -0.4 is 10.9 Å². The molecule has 3 fully saturated rings. The van der Waals surface area contributed by atoms with Crippen molar-refractivity contribution in [3.05, 3.63) is 434 Å². The van der Waals surface area contributed by atoms with Crippen molar-refractivity contribution in [2.45, 2.75) is 144 Å². The zero-order valence-electron chi connectivity index (χ0n) is 82.8. The van der Waals surface area contributed by atoms with Crippen LogP contribution in [-0.2, 0) is 27.9 Å². The van der Waals surface area contributed by atoms with Crippen LogP contribution in [0.5, 0.6) is 0 Å². The Morgan fingerprint density at radius 3 is 0.552 bits per heavy atom. The highest BCUT2D eigenvalue weighted by molar-refractivity contribution is 9.10. The second kappa shape index (κ2) is 39.3. The van der Waals surface area contributed by atoms with Gasteiger partial charge in [-0.2, -0.15) is 0 Å². The molecule has 3 saturated heterocycles. The first kappa shape index (κ1) is 96.9. The highest BCUT2D eigenvalue weighted by Gasteiger charge is 2.54. The van der Waals surface area contributed by atoms with E-state index in [9.17, 15) is 0 Å². The van der Waals surface area contributed by atoms with E-state index in [-0.39, 0.29) is 25.7 Å². The minimum atomic E-state index is -0.509. The summed E-state index contributed by atoms with van der Waals surface area (Å²) in [6, 6.07) is 154. The Morgan fingerprint density at radius 1 is 0.203 bits per heavy atom. The van der Waals surface area contributed by atoms with Crippen LogP contribution in [0.3, 0.4) is 0 Å². The number of halogens is 2. The van der Waals surface area contributed by atoms with Crippen molar-refractivity contribution in [1.29, 1.82) is 0 Å². The Hall–Kier alpha value is -13.5. The van der Waals surface area contributed by atoms with E-state index in [4.69, 9.17) is 27.9 Å². The molecule has 0 atom stereocenters. The second-order valence-corrected chi connectivity index (χ2v) is 42.7. The minimum absolute atomic E-state index is 0. The van der Waals surface area contributed by atoms with E-state index in [2.05, 4.69) is 563 Å². The van der Waals surface area contributed by atoms with Crippen LogP contribution in [0.4, 0.5) is 0 Å². The molecule has 13 heteroatoms. The Morgan fingerprint density at radius 2 is 0.371 bits per heavy atom. The predicted octanol–water partition coefficient (Wildman–Crippen LogP) is 34.8. The van der Waals surface area contributed by atoms with E-state index in [1.165, 1.54) is 116 Å². The number of rotatable bonds is 17. The van der Waals surface area contributed by atoms with Gasteiger partial charge in [0.1, 0.15) is 0 Å². The van der Waals surface area contributed by atoms with Gasteiger partial charge in [0.15, 0.2) is 0 Å². The second-order valence-electron chi connectivity index (χ2n) is 40.8. The average molecular weight is 2000 g/mol. The first-order chi connectivity index (χ1) is 68.6. The summed E-state index contributed by atoms with van der Waals surface area (Å²) in [5.74, 6) is 0.422. The first-order valence-electron chi connectivity index (χ1n) is 49.4. The SMILES string of the molecule is Brc1ccc2c(c1)c1cc(Br)ccc1n2-c1ccc(-c2c(-c3ccccc3)c(-c3ccccc3)c(-c3ccccc3)c(-c3ccccc3)c2-c2ccccc2)cc1.C.CC(C)B1OC(C)(C)C(C)(C)O1.CC1(C)OB(c2ccc3c(c2)c2cc(B4OC(C)(C)C(C)(C)O4)ccc2n3-c2ccc(-c3c(-c4ccccc4)c(-c4ccccc4)c(-c4ccccc4)c(-c4ccccc4)c3-c3ccccc3)cc2)OC1(C)C. The third-order valence-electron chi connectivity index (χ3n) is 29.8. The third kappa shape index (κ3) is 18.3. The summed E-state index contributed by atoms with van der Waals surface area (Å²) in [6.07, 6.45) is 0. The Bertz CT molecular complexity index is 7620. The summed E-state index contributed by atoms with van der Waals surface area (Å²) in [6.45, 7) is 29.4. The summed E-state index contributed by atoms with van der Waals surface area (Å²) in [5.41, 5.74) is 34.6. The maximum absolute atomic E-state index is 6.63. The van der Waals surface area contributed by atoms with Crippen molar-refractivity contribution < 1.29 is 27.9 Å². The third-order valence-corrected chi connectivity index (χ3v) is 30.8. The lowest BCUT2D eigenvalue weighted by Gasteiger charge is -2.32. The van der Waals surface area contributed by atoms with E-state index < -0.39 is 36.6 Å². The molecule has 0 radical (unpaired) electrons. The molecule has 18 aromatic carbocycles. The summed E-state index contributed by atoms with van der Waals surface area (Å²) in [7, 11) is -1.06. The molecule has 2 aromatic heterocycles. The fourth-order valence-corrected chi connectivity index (χ4v) is 21.3. The molecular formula is C130H117B3Br2N2O6. The van der Waals surface area contributed by atoms with Gasteiger partial charge >= 0.3 is 21.4 Å². The molecule has 8 nitrogen and oxygen atoms in total. The standard InChI is InChI=1S/C66H59B2NO4.C54H35Br2N.C9H19BO2.CH4/c1-63(2)64(3,4)71-67(70-63)50-36-40-55-53(42-50)54-43-51(68-72-65(5,6)66(7,8)73-68)37-41-56(54)69(55)52-38-34-49(35-39-52)62-60(47-30-20-12-21-31-47)58(45-26-16-10-17-27-45)57(44-24-14-9-15-25-44)59(46-28-18-11-19-29-46)61(62)48-32-22-13-23-33-48;55-42-28-32-47-45(34-42)46-35-43(56)29-33-48(46)57(47)44-30-26-41(27-31-44)54-52(39-22-12-4-13-23-39)50(37-18-8-2-9-19-37)49(36-16-6-1-7-17-36)51(38-20-10-3-11-21-38)53(54)40-24-14-5-15-25-40;1-7(2)10-11-8(3,4)9(5,6)12-10;/h9-43H,1-8H3;1-35H;7H,1-6H3;1H4. The van der Waals surface area contributed by atoms with Gasteiger partial charge in [0.2, 0.25) is 0 Å². The molecule has 23 rings (SSSR count). The smallest absolute Gasteiger partial charge is 0.403 e. The number of nitrogens with zero attached hydrogens (tertiary/aromatic N) is 2. The predicted molar refractivity (Wildman–Crippen MR) is 612 cm³/mol. The first-order valence-corrected chi connectivity index (χ1v) is 51.0. The van der Waals surface area contributed by atoms with Gasteiger partial charge in [-0.25, -0.2) is 0 Å². The zero-order chi connectivity index (χ0) is 98.1. The van der Waals surface area contributed by atoms with E-state index in [1.54, 1.807) is 0 Å². The summed E-state index contributed by atoms with van der Waals surface area (Å²) in [5, 5.41) is 4.61. The molecule has 20 aromatic rings. The Kier molecular flexibility index (Phi) is 26.6. The number of hydrogen-bond donors (Lipinski definition) is 0. The maximum atomic E-state index is 6.63. The lowest BCUT2D eigenvalue weighted by molar-refractivity contribution is 0.00578. The van der Waals surface area contributed by atoms with Gasteiger partial charge in [0, 0.05) is 41.9 Å². The average Bonchev–Trinajstić information content (AvgIpc) is 1.60. The van der Waals surface area contributed by atoms with Crippen LogP contribution in [0.15, 0.2) is 434 Å². The van der Waals surface area contributed by atoms with Crippen LogP contribution in [0, 0.1) is 0 Å². The van der Waals surface area contributed by atoms with Crippen molar-refractivity contribution >= 4 is 108 Å². The molecule has 0 aliphatic carbocycles. The van der Waals surface area contributed by atoms with Gasteiger partial charge in [-0.15, -0.1) is 0 Å². The van der Waals surface area contributed by atoms with Crippen LogP contribution >= 0.6 is 31.9 Å². The fourth-order valence-electron chi connectivity index (χ4n) is 20.6. The van der Waals surface area contributed by atoms with Crippen LogP contribution in [-0.4, -0.2) is 64.1 Å². The topological polar surface area (TPSA) is 65.2 Å². The molecule has 143 heavy (non-hydrogen) atoms. The van der Waals surface area contributed by atoms with Crippen LogP contribution in [0.1, 0.15) is 104 Å². The lowest BCUT2D eigenvalue weighted by Crippen LogP contribution is -2.41. The van der Waals surface area contributed by atoms with Crippen molar-refractivity contribution in [2.75, 3.05) is 0 Å². The molecule has 3 aliphatic rings. The monoisotopic (exact) mass is 1990 g/mol. The molecule has 0 saturated carbocycles. The van der Waals surface area contributed by atoms with Crippen molar-refractivity contribution in [3.8, 4) is 145 Å². The largest absolute Gasteiger partial charge is 0.494 e. The van der Waals surface area contributed by atoms with Gasteiger partial charge in [0.25, 0.3) is 0 Å². The minimum Gasteiger partial charge on any atom is -0.403 e. The molecule has 0 bridgehead atoms. The molecule has 0 unspecified atom stereocenters. The highest BCUT2D eigenvalue weighted by Crippen LogP contribution is 2.59. The molecule has 3 aliphatic heterocycles.